The average molecular weight is 389 g/mol. The molecule has 4 rings (SSSR count). The monoisotopic (exact) mass is 389 g/mol. The van der Waals surface area contributed by atoms with E-state index in [1.165, 1.54) is 0 Å². The predicted molar refractivity (Wildman–Crippen MR) is 109 cm³/mol. The van der Waals surface area contributed by atoms with Crippen LogP contribution in [0.4, 0.5) is 0 Å². The van der Waals surface area contributed by atoms with Crippen LogP contribution in [0.5, 0.6) is 0 Å². The Morgan fingerprint density at radius 2 is 1.86 bits per heavy atom. The summed E-state index contributed by atoms with van der Waals surface area (Å²) in [6, 6.07) is 14.1. The van der Waals surface area contributed by atoms with Crippen molar-refractivity contribution < 1.29 is 8.94 Å². The molecule has 0 saturated heterocycles. The van der Waals surface area contributed by atoms with Gasteiger partial charge in [-0.1, -0.05) is 29.4 Å². The van der Waals surface area contributed by atoms with Crippen molar-refractivity contribution in [3.63, 3.8) is 0 Å². The summed E-state index contributed by atoms with van der Waals surface area (Å²) in [5.74, 6) is 2.90. The molecule has 3 heterocycles. The van der Waals surface area contributed by atoms with Crippen LogP contribution in [0, 0.1) is 6.92 Å². The van der Waals surface area contributed by atoms with E-state index in [1.807, 2.05) is 49.4 Å². The Bertz CT molecular complexity index is 1040. The van der Waals surface area contributed by atoms with Crippen LogP contribution in [0.15, 0.2) is 63.9 Å². The smallest absolute Gasteiger partial charge is 0.240 e. The molecule has 29 heavy (non-hydrogen) atoms. The number of hydrogen-bond donors (Lipinski definition) is 1. The minimum Gasteiger partial charge on any atom is -0.469 e. The Morgan fingerprint density at radius 1 is 1.03 bits per heavy atom. The van der Waals surface area contributed by atoms with E-state index in [-0.39, 0.29) is 0 Å². The van der Waals surface area contributed by atoms with Crippen LogP contribution in [0.3, 0.4) is 0 Å². The number of nitrogens with zero attached hydrogens (tertiary/aromatic N) is 4. The Balaban J connectivity index is 1.33. The summed E-state index contributed by atoms with van der Waals surface area (Å²) in [4.78, 5) is 13.1. The number of rotatable bonds is 8. The molecule has 7 nitrogen and oxygen atoms in total. The van der Waals surface area contributed by atoms with Crippen molar-refractivity contribution in [1.29, 1.82) is 0 Å². The van der Waals surface area contributed by atoms with Gasteiger partial charge in [0.2, 0.25) is 11.7 Å². The van der Waals surface area contributed by atoms with E-state index in [9.17, 15) is 0 Å². The Hall–Kier alpha value is -3.32. The van der Waals surface area contributed by atoms with Crippen molar-refractivity contribution in [2.45, 2.75) is 39.3 Å². The summed E-state index contributed by atoms with van der Waals surface area (Å²) in [6.07, 6.45) is 5.33. The van der Waals surface area contributed by atoms with E-state index in [0.29, 0.717) is 24.3 Å². The molecule has 4 aromatic rings. The molecule has 3 aromatic heterocycles. The van der Waals surface area contributed by atoms with Crippen LogP contribution < -0.4 is 5.32 Å². The highest BCUT2D eigenvalue weighted by Crippen LogP contribution is 2.22. The molecule has 0 saturated carbocycles. The third-order valence-corrected chi connectivity index (χ3v) is 4.69. The molecule has 0 spiro atoms. The van der Waals surface area contributed by atoms with Crippen molar-refractivity contribution in [2.24, 2.45) is 0 Å². The highest BCUT2D eigenvalue weighted by atomic mass is 16.5. The first kappa shape index (κ1) is 19.0. The van der Waals surface area contributed by atoms with Gasteiger partial charge in [-0.25, -0.2) is 9.97 Å². The van der Waals surface area contributed by atoms with E-state index in [1.54, 1.807) is 12.5 Å². The van der Waals surface area contributed by atoms with Gasteiger partial charge in [-0.15, -0.1) is 0 Å². The lowest BCUT2D eigenvalue weighted by atomic mass is 10.1. The lowest BCUT2D eigenvalue weighted by Crippen LogP contribution is -2.26. The SMILES string of the molecule is Cc1nccc(-c2ccc(-c3noc(CNC(C)CCc4ccco4)n3)cc2)n1. The molecule has 1 unspecified atom stereocenters. The van der Waals surface area contributed by atoms with Crippen molar-refractivity contribution >= 4 is 0 Å². The molecule has 0 aliphatic rings. The van der Waals surface area contributed by atoms with Gasteiger partial charge in [0, 0.05) is 29.8 Å². The third kappa shape index (κ3) is 4.94. The summed E-state index contributed by atoms with van der Waals surface area (Å²) < 4.78 is 10.8. The zero-order valence-electron chi connectivity index (χ0n) is 16.5. The van der Waals surface area contributed by atoms with Crippen LogP contribution in [-0.2, 0) is 13.0 Å². The molecule has 0 aliphatic carbocycles. The summed E-state index contributed by atoms with van der Waals surface area (Å²) >= 11 is 0. The van der Waals surface area contributed by atoms with E-state index >= 15 is 0 Å². The van der Waals surface area contributed by atoms with Gasteiger partial charge in [0.1, 0.15) is 11.6 Å². The molecule has 0 aliphatic heterocycles. The number of nitrogens with one attached hydrogen (secondary N) is 1. The normalized spacial score (nSPS) is 12.2. The maximum atomic E-state index is 5.39. The summed E-state index contributed by atoms with van der Waals surface area (Å²) in [6.45, 7) is 4.54. The highest BCUT2D eigenvalue weighted by molar-refractivity contribution is 5.64. The zero-order chi connectivity index (χ0) is 20.1. The van der Waals surface area contributed by atoms with Crippen molar-refractivity contribution in [1.82, 2.24) is 25.4 Å². The average Bonchev–Trinajstić information content (AvgIpc) is 3.43. The van der Waals surface area contributed by atoms with E-state index in [0.717, 1.165) is 41.2 Å². The molecule has 1 atom stereocenters. The van der Waals surface area contributed by atoms with Gasteiger partial charge in [-0.2, -0.15) is 4.98 Å². The Kier molecular flexibility index (Phi) is 5.76. The lowest BCUT2D eigenvalue weighted by Gasteiger charge is -2.10. The summed E-state index contributed by atoms with van der Waals surface area (Å²) in [5, 5.41) is 7.51. The third-order valence-electron chi connectivity index (χ3n) is 4.69. The fraction of sp³-hybridized carbons (Fsp3) is 0.273. The lowest BCUT2D eigenvalue weighted by molar-refractivity contribution is 0.355. The summed E-state index contributed by atoms with van der Waals surface area (Å²) in [7, 11) is 0. The molecule has 1 N–H and O–H groups in total. The number of aryl methyl sites for hydroxylation is 2. The maximum Gasteiger partial charge on any atom is 0.240 e. The van der Waals surface area contributed by atoms with E-state index in [4.69, 9.17) is 8.94 Å². The molecular weight excluding hydrogens is 366 g/mol. The molecule has 0 radical (unpaired) electrons. The molecule has 7 heteroatoms. The van der Waals surface area contributed by atoms with Crippen LogP contribution >= 0.6 is 0 Å². The van der Waals surface area contributed by atoms with Crippen molar-refractivity contribution in [3.05, 3.63) is 72.4 Å². The molecule has 148 valence electrons. The molecule has 0 amide bonds. The number of furan rings is 1. The number of hydrogen-bond acceptors (Lipinski definition) is 7. The minimum absolute atomic E-state index is 0.311. The van der Waals surface area contributed by atoms with Crippen molar-refractivity contribution in [3.8, 4) is 22.6 Å². The second kappa shape index (κ2) is 8.79. The maximum absolute atomic E-state index is 5.39. The molecule has 1 aromatic carbocycles. The fourth-order valence-corrected chi connectivity index (χ4v) is 3.03. The van der Waals surface area contributed by atoms with Gasteiger partial charge in [0.05, 0.1) is 18.5 Å². The van der Waals surface area contributed by atoms with Crippen LogP contribution in [0.1, 0.15) is 30.8 Å². The molecule has 0 bridgehead atoms. The largest absolute Gasteiger partial charge is 0.469 e. The fourth-order valence-electron chi connectivity index (χ4n) is 3.03. The second-order valence-electron chi connectivity index (χ2n) is 6.98. The van der Waals surface area contributed by atoms with Gasteiger partial charge in [-0.05, 0) is 38.5 Å². The first-order valence-electron chi connectivity index (χ1n) is 9.66. The number of aromatic nitrogens is 4. The van der Waals surface area contributed by atoms with Crippen LogP contribution in [0.25, 0.3) is 22.6 Å². The van der Waals surface area contributed by atoms with E-state index in [2.05, 4.69) is 32.3 Å². The summed E-state index contributed by atoms with van der Waals surface area (Å²) in [5.41, 5.74) is 2.82. The number of benzene rings is 1. The van der Waals surface area contributed by atoms with Gasteiger partial charge < -0.3 is 14.3 Å². The van der Waals surface area contributed by atoms with E-state index < -0.39 is 0 Å². The topological polar surface area (TPSA) is 89.9 Å². The second-order valence-corrected chi connectivity index (χ2v) is 6.98. The zero-order valence-corrected chi connectivity index (χ0v) is 16.5. The quantitative estimate of drug-likeness (QED) is 0.483. The molecule has 0 fully saturated rings. The van der Waals surface area contributed by atoms with Crippen LogP contribution in [0.2, 0.25) is 0 Å². The van der Waals surface area contributed by atoms with Gasteiger partial charge >= 0.3 is 0 Å². The van der Waals surface area contributed by atoms with Crippen molar-refractivity contribution in [2.75, 3.05) is 0 Å². The Labute approximate surface area is 169 Å². The first-order chi connectivity index (χ1) is 14.2. The standard InChI is InChI=1S/C22H23N5O2/c1-15(5-10-19-4-3-13-28-19)24-14-21-26-22(27-29-21)18-8-6-17(7-9-18)20-11-12-23-16(2)25-20/h3-4,6-9,11-13,15,24H,5,10,14H2,1-2H3. The predicted octanol–water partition coefficient (Wildman–Crippen LogP) is 4.21. The Morgan fingerprint density at radius 3 is 2.62 bits per heavy atom. The highest BCUT2D eigenvalue weighted by Gasteiger charge is 2.11. The van der Waals surface area contributed by atoms with Gasteiger partial charge in [-0.3, -0.25) is 0 Å². The molecular formula is C22H23N5O2. The van der Waals surface area contributed by atoms with Gasteiger partial charge in [0.25, 0.3) is 0 Å². The van der Waals surface area contributed by atoms with Crippen LogP contribution in [-0.4, -0.2) is 26.2 Å². The minimum atomic E-state index is 0.311. The first-order valence-corrected chi connectivity index (χ1v) is 9.66. The van der Waals surface area contributed by atoms with Gasteiger partial charge in [0.15, 0.2) is 0 Å².